The molecular weight excluding hydrogens is 312 g/mol. The fourth-order valence-electron chi connectivity index (χ4n) is 2.69. The Balaban J connectivity index is 1.69. The molecular formula is C21H20N2O2. The Morgan fingerprint density at radius 2 is 1.76 bits per heavy atom. The van der Waals surface area contributed by atoms with Crippen molar-refractivity contribution in [2.24, 2.45) is 7.05 Å². The van der Waals surface area contributed by atoms with Gasteiger partial charge in [0.2, 0.25) is 0 Å². The van der Waals surface area contributed by atoms with E-state index in [4.69, 9.17) is 0 Å². The molecule has 3 aromatic rings. The fourth-order valence-corrected chi connectivity index (χ4v) is 2.69. The van der Waals surface area contributed by atoms with Crippen molar-refractivity contribution in [3.63, 3.8) is 0 Å². The molecule has 3 rings (SSSR count). The maximum Gasteiger partial charge on any atom is 0.263 e. The molecule has 0 fully saturated rings. The summed E-state index contributed by atoms with van der Waals surface area (Å²) < 4.78 is 1.39. The molecule has 1 N–H and O–H groups in total. The number of carbonyl (C=O) groups is 1. The molecule has 1 heterocycles. The Labute approximate surface area is 146 Å². The number of pyridine rings is 1. The number of carbonyl (C=O) groups excluding carboxylic acids is 1. The maximum absolute atomic E-state index is 12.2. The van der Waals surface area contributed by atoms with Gasteiger partial charge < -0.3 is 9.88 Å². The molecule has 0 radical (unpaired) electrons. The van der Waals surface area contributed by atoms with Crippen LogP contribution in [0, 0.1) is 6.92 Å². The Morgan fingerprint density at radius 1 is 1.00 bits per heavy atom. The van der Waals surface area contributed by atoms with Crippen LogP contribution in [0.5, 0.6) is 0 Å². The minimum Gasteiger partial charge on any atom is -0.348 e. The number of rotatable bonds is 4. The molecule has 25 heavy (non-hydrogen) atoms. The number of hydrogen-bond acceptors (Lipinski definition) is 2. The normalized spacial score (nSPS) is 10.5. The molecule has 0 unspecified atom stereocenters. The highest BCUT2D eigenvalue weighted by atomic mass is 16.2. The summed E-state index contributed by atoms with van der Waals surface area (Å²) >= 11 is 0. The number of aryl methyl sites for hydroxylation is 2. The van der Waals surface area contributed by atoms with Gasteiger partial charge in [-0.1, -0.05) is 54.1 Å². The molecule has 0 saturated carbocycles. The molecule has 4 heteroatoms. The van der Waals surface area contributed by atoms with Gasteiger partial charge in [0.1, 0.15) is 5.56 Å². The first-order valence-corrected chi connectivity index (χ1v) is 8.14. The van der Waals surface area contributed by atoms with Crippen LogP contribution < -0.4 is 10.9 Å². The maximum atomic E-state index is 12.2. The highest BCUT2D eigenvalue weighted by Gasteiger charge is 2.10. The standard InChI is InChI=1S/C21H20N2O2/c1-15-5-3-6-18(13-15)17-10-8-16(9-11-17)14-22-20(24)19-7-4-12-23(2)21(19)25/h3-13H,14H2,1-2H3,(H,22,24). The summed E-state index contributed by atoms with van der Waals surface area (Å²) in [5.41, 5.74) is 4.37. The molecule has 126 valence electrons. The largest absolute Gasteiger partial charge is 0.348 e. The second-order valence-electron chi connectivity index (χ2n) is 6.09. The fraction of sp³-hybridized carbons (Fsp3) is 0.143. The molecule has 2 aromatic carbocycles. The van der Waals surface area contributed by atoms with Crippen molar-refractivity contribution in [3.05, 3.63) is 93.9 Å². The van der Waals surface area contributed by atoms with Crippen LogP contribution in [0.4, 0.5) is 0 Å². The van der Waals surface area contributed by atoms with Crippen LogP contribution in [-0.4, -0.2) is 10.5 Å². The van der Waals surface area contributed by atoms with Gasteiger partial charge in [-0.25, -0.2) is 0 Å². The minimum atomic E-state index is -0.357. The van der Waals surface area contributed by atoms with E-state index in [9.17, 15) is 9.59 Å². The second kappa shape index (κ2) is 7.18. The van der Waals surface area contributed by atoms with E-state index in [1.807, 2.05) is 30.3 Å². The molecule has 4 nitrogen and oxygen atoms in total. The van der Waals surface area contributed by atoms with E-state index in [0.29, 0.717) is 6.54 Å². The highest BCUT2D eigenvalue weighted by molar-refractivity contribution is 5.93. The van der Waals surface area contributed by atoms with Crippen molar-refractivity contribution < 1.29 is 4.79 Å². The first-order chi connectivity index (χ1) is 12.0. The third-order valence-electron chi connectivity index (χ3n) is 4.13. The number of nitrogens with one attached hydrogen (secondary N) is 1. The zero-order valence-electron chi connectivity index (χ0n) is 14.3. The monoisotopic (exact) mass is 332 g/mol. The molecule has 1 aromatic heterocycles. The Hall–Kier alpha value is -3.14. The van der Waals surface area contributed by atoms with Gasteiger partial charge in [0.25, 0.3) is 11.5 Å². The number of nitrogens with zero attached hydrogens (tertiary/aromatic N) is 1. The number of amides is 1. The number of hydrogen-bond donors (Lipinski definition) is 1. The lowest BCUT2D eigenvalue weighted by Crippen LogP contribution is -2.31. The van der Waals surface area contributed by atoms with Crippen LogP contribution in [-0.2, 0) is 13.6 Å². The molecule has 0 atom stereocenters. The number of aromatic nitrogens is 1. The summed E-state index contributed by atoms with van der Waals surface area (Å²) in [5.74, 6) is -0.357. The first-order valence-electron chi connectivity index (χ1n) is 8.14. The van der Waals surface area contributed by atoms with Crippen LogP contribution in [0.15, 0.2) is 71.7 Å². The predicted molar refractivity (Wildman–Crippen MR) is 99.5 cm³/mol. The lowest BCUT2D eigenvalue weighted by Gasteiger charge is -2.08. The van der Waals surface area contributed by atoms with E-state index in [2.05, 4.69) is 30.4 Å². The van der Waals surface area contributed by atoms with Crippen molar-refractivity contribution >= 4 is 5.91 Å². The van der Waals surface area contributed by atoms with Crippen LogP contribution in [0.2, 0.25) is 0 Å². The summed E-state index contributed by atoms with van der Waals surface area (Å²) in [4.78, 5) is 24.1. The smallest absolute Gasteiger partial charge is 0.263 e. The summed E-state index contributed by atoms with van der Waals surface area (Å²) in [6.07, 6.45) is 1.63. The van der Waals surface area contributed by atoms with Crippen molar-refractivity contribution in [1.29, 1.82) is 0 Å². The van der Waals surface area contributed by atoms with Crippen molar-refractivity contribution in [3.8, 4) is 11.1 Å². The molecule has 0 spiro atoms. The van der Waals surface area contributed by atoms with E-state index < -0.39 is 0 Å². The third-order valence-corrected chi connectivity index (χ3v) is 4.13. The van der Waals surface area contributed by atoms with Crippen LogP contribution in [0.1, 0.15) is 21.5 Å². The summed E-state index contributed by atoms with van der Waals surface area (Å²) in [5, 5.41) is 2.80. The summed E-state index contributed by atoms with van der Waals surface area (Å²) in [6, 6.07) is 19.6. The quantitative estimate of drug-likeness (QED) is 0.797. The zero-order chi connectivity index (χ0) is 17.8. The van der Waals surface area contributed by atoms with E-state index in [1.54, 1.807) is 25.4 Å². The Kier molecular flexibility index (Phi) is 4.80. The van der Waals surface area contributed by atoms with Gasteiger partial charge >= 0.3 is 0 Å². The lowest BCUT2D eigenvalue weighted by molar-refractivity contribution is 0.0949. The van der Waals surface area contributed by atoms with Gasteiger partial charge in [-0.3, -0.25) is 9.59 Å². The minimum absolute atomic E-state index is 0.154. The average Bonchev–Trinajstić information content (AvgIpc) is 2.62. The molecule has 0 bridgehead atoms. The van der Waals surface area contributed by atoms with Crippen molar-refractivity contribution in [1.82, 2.24) is 9.88 Å². The second-order valence-corrected chi connectivity index (χ2v) is 6.09. The van der Waals surface area contributed by atoms with Crippen molar-refractivity contribution in [2.75, 3.05) is 0 Å². The van der Waals surface area contributed by atoms with Gasteiger partial charge in [0.05, 0.1) is 0 Å². The van der Waals surface area contributed by atoms with E-state index >= 15 is 0 Å². The topological polar surface area (TPSA) is 51.1 Å². The van der Waals surface area contributed by atoms with Gasteiger partial charge in [-0.2, -0.15) is 0 Å². The highest BCUT2D eigenvalue weighted by Crippen LogP contribution is 2.20. The molecule has 0 aliphatic heterocycles. The molecule has 0 aliphatic carbocycles. The Bertz CT molecular complexity index is 956. The summed E-state index contributed by atoms with van der Waals surface area (Å²) in [7, 11) is 1.63. The molecule has 0 saturated heterocycles. The molecule has 1 amide bonds. The van der Waals surface area contributed by atoms with E-state index in [1.165, 1.54) is 15.7 Å². The van der Waals surface area contributed by atoms with Gasteiger partial charge in [0.15, 0.2) is 0 Å². The van der Waals surface area contributed by atoms with Crippen molar-refractivity contribution in [2.45, 2.75) is 13.5 Å². The number of benzene rings is 2. The van der Waals surface area contributed by atoms with Crippen LogP contribution in [0.25, 0.3) is 11.1 Å². The van der Waals surface area contributed by atoms with Gasteiger partial charge in [-0.15, -0.1) is 0 Å². The lowest BCUT2D eigenvalue weighted by atomic mass is 10.0. The first kappa shape index (κ1) is 16.7. The van der Waals surface area contributed by atoms with Crippen LogP contribution in [0.3, 0.4) is 0 Å². The van der Waals surface area contributed by atoms with Gasteiger partial charge in [0, 0.05) is 19.8 Å². The predicted octanol–water partition coefficient (Wildman–Crippen LogP) is 3.29. The molecule has 0 aliphatic rings. The Morgan fingerprint density at radius 3 is 2.48 bits per heavy atom. The van der Waals surface area contributed by atoms with E-state index in [0.717, 1.165) is 11.1 Å². The third kappa shape index (κ3) is 3.86. The van der Waals surface area contributed by atoms with Crippen LogP contribution >= 0.6 is 0 Å². The zero-order valence-corrected chi connectivity index (χ0v) is 14.3. The summed E-state index contributed by atoms with van der Waals surface area (Å²) in [6.45, 7) is 2.45. The van der Waals surface area contributed by atoms with E-state index in [-0.39, 0.29) is 17.0 Å². The average molecular weight is 332 g/mol. The SMILES string of the molecule is Cc1cccc(-c2ccc(CNC(=O)c3cccn(C)c3=O)cc2)c1. The van der Waals surface area contributed by atoms with Gasteiger partial charge in [-0.05, 0) is 35.7 Å².